The van der Waals surface area contributed by atoms with Gasteiger partial charge in [0.2, 0.25) is 0 Å². The van der Waals surface area contributed by atoms with E-state index in [2.05, 4.69) is 170 Å². The van der Waals surface area contributed by atoms with E-state index in [1.165, 1.54) is 0 Å². The van der Waals surface area contributed by atoms with E-state index < -0.39 is 0 Å². The van der Waals surface area contributed by atoms with Crippen LogP contribution in [-0.4, -0.2) is 19.9 Å². The Bertz CT molecular complexity index is 4460. The van der Waals surface area contributed by atoms with Crippen LogP contribution in [0.4, 0.5) is 0 Å². The molecule has 0 amide bonds. The summed E-state index contributed by atoms with van der Waals surface area (Å²) < 4.78 is 0. The Morgan fingerprint density at radius 2 is 0.512 bits per heavy atom. The Balaban J connectivity index is 0.919. The minimum absolute atomic E-state index is 0.492. The van der Waals surface area contributed by atoms with Crippen molar-refractivity contribution in [2.75, 3.05) is 0 Å². The van der Waals surface area contributed by atoms with Crippen LogP contribution in [0.25, 0.3) is 144 Å². The van der Waals surface area contributed by atoms with Gasteiger partial charge in [0.05, 0.1) is 56.0 Å². The predicted molar refractivity (Wildman–Crippen MR) is 326 cm³/mol. The molecule has 0 unspecified atom stereocenters. The van der Waals surface area contributed by atoms with Crippen LogP contribution in [0.2, 0.25) is 0 Å². The molecule has 0 radical (unpaired) electrons. The van der Waals surface area contributed by atoms with Gasteiger partial charge in [0.15, 0.2) is 0 Å². The summed E-state index contributed by atoms with van der Waals surface area (Å²) in [6, 6.07) is 96.0. The van der Waals surface area contributed by atoms with E-state index in [4.69, 9.17) is 19.9 Å². The van der Waals surface area contributed by atoms with Crippen LogP contribution in [0.15, 0.2) is 267 Å². The lowest BCUT2D eigenvalue weighted by molar-refractivity contribution is 1.34. The Labute approximate surface area is 462 Å². The van der Waals surface area contributed by atoms with E-state index in [0.29, 0.717) is 22.5 Å². The minimum atomic E-state index is 0.492. The van der Waals surface area contributed by atoms with Gasteiger partial charge in [0.1, 0.15) is 12.1 Å². The third-order valence-corrected chi connectivity index (χ3v) is 15.2. The number of benzene rings is 10. The normalized spacial score (nSPS) is 11.2. The molecule has 0 spiro atoms. The maximum Gasteiger partial charge on any atom is 0.102 e. The number of nitriles is 2. The summed E-state index contributed by atoms with van der Waals surface area (Å²) in [6.07, 6.45) is 0. The molecule has 0 saturated carbocycles. The van der Waals surface area contributed by atoms with E-state index in [0.717, 1.165) is 133 Å². The van der Waals surface area contributed by atoms with Gasteiger partial charge >= 0.3 is 0 Å². The third kappa shape index (κ3) is 8.29. The molecule has 6 heteroatoms. The topological polar surface area (TPSA) is 99.1 Å². The first-order valence-corrected chi connectivity index (χ1v) is 26.6. The summed E-state index contributed by atoms with van der Waals surface area (Å²) >= 11 is 0. The first-order valence-electron chi connectivity index (χ1n) is 26.6. The standard InChI is InChI=1S/C74H44N6/c75-45-63-67(59-41-39-57-61(49-19-7-1-8-20-49)43-65(51-23-11-3-12-24-51)77-71(57)73(59)79-69(63)55-27-15-5-16-28-55)53-35-31-47(32-36-53)48-33-37-54(38-34-48)68-60-42-40-58-62(50-21-9-2-10-22-50)44-66(52-25-13-4-14-26-52)78-72(58)74(60)80-70(64(68)46-76)56-29-17-6-18-30-56/h1-44H. The van der Waals surface area contributed by atoms with Crippen LogP contribution in [0.5, 0.6) is 0 Å². The van der Waals surface area contributed by atoms with Gasteiger partial charge in [-0.15, -0.1) is 0 Å². The van der Waals surface area contributed by atoms with Crippen molar-refractivity contribution in [1.29, 1.82) is 10.5 Å². The molecule has 14 rings (SSSR count). The quantitative estimate of drug-likeness (QED) is 0.134. The maximum absolute atomic E-state index is 11.2. The summed E-state index contributed by atoms with van der Waals surface area (Å²) in [5.74, 6) is 0. The Morgan fingerprint density at radius 3 is 0.838 bits per heavy atom. The highest BCUT2D eigenvalue weighted by molar-refractivity contribution is 6.16. The lowest BCUT2D eigenvalue weighted by Gasteiger charge is -2.17. The first-order chi connectivity index (χ1) is 39.6. The highest BCUT2D eigenvalue weighted by Crippen LogP contribution is 2.45. The molecule has 0 bridgehead atoms. The lowest BCUT2D eigenvalue weighted by atomic mass is 9.89. The van der Waals surface area contributed by atoms with Crippen molar-refractivity contribution in [3.8, 4) is 113 Å². The minimum Gasteiger partial charge on any atom is -0.245 e. The molecule has 370 valence electrons. The van der Waals surface area contributed by atoms with E-state index in [1.54, 1.807) is 0 Å². The molecule has 0 fully saturated rings. The largest absolute Gasteiger partial charge is 0.245 e. The molecule has 0 aliphatic rings. The number of pyridine rings is 4. The molecule has 80 heavy (non-hydrogen) atoms. The molecule has 0 aliphatic heterocycles. The van der Waals surface area contributed by atoms with Crippen molar-refractivity contribution in [1.82, 2.24) is 19.9 Å². The van der Waals surface area contributed by atoms with E-state index in [1.807, 2.05) is 109 Å². The van der Waals surface area contributed by atoms with Gasteiger partial charge in [0.25, 0.3) is 0 Å². The van der Waals surface area contributed by atoms with Crippen LogP contribution in [0.1, 0.15) is 11.1 Å². The number of fused-ring (bicyclic) bond motifs is 6. The van der Waals surface area contributed by atoms with E-state index in [9.17, 15) is 10.5 Å². The summed E-state index contributed by atoms with van der Waals surface area (Å²) in [5.41, 5.74) is 20.1. The SMILES string of the molecule is N#Cc1c(-c2ccccc2)nc2c(ccc3c(-c4ccccc4)cc(-c4ccccc4)nc32)c1-c1ccc(-c2ccc(-c3c(C#N)c(-c4ccccc4)nc4c3ccc3c(-c5ccccc5)cc(-c5ccccc5)nc34)cc2)cc1. The van der Waals surface area contributed by atoms with Crippen molar-refractivity contribution in [2.24, 2.45) is 0 Å². The number of aromatic nitrogens is 4. The highest BCUT2D eigenvalue weighted by Gasteiger charge is 2.24. The van der Waals surface area contributed by atoms with Crippen molar-refractivity contribution in [3.63, 3.8) is 0 Å². The second-order valence-electron chi connectivity index (χ2n) is 19.8. The zero-order valence-electron chi connectivity index (χ0n) is 43.1. The fourth-order valence-corrected chi connectivity index (χ4v) is 11.3. The number of rotatable bonds is 9. The van der Waals surface area contributed by atoms with Crippen LogP contribution in [0.3, 0.4) is 0 Å². The van der Waals surface area contributed by atoms with Gasteiger partial charge in [-0.1, -0.05) is 255 Å². The van der Waals surface area contributed by atoms with Gasteiger partial charge in [-0.25, -0.2) is 19.9 Å². The van der Waals surface area contributed by atoms with Crippen molar-refractivity contribution in [2.45, 2.75) is 0 Å². The molecular formula is C74H44N6. The maximum atomic E-state index is 11.2. The third-order valence-electron chi connectivity index (χ3n) is 15.2. The van der Waals surface area contributed by atoms with E-state index >= 15 is 0 Å². The monoisotopic (exact) mass is 1020 g/mol. The summed E-state index contributed by atoms with van der Waals surface area (Å²) in [7, 11) is 0. The van der Waals surface area contributed by atoms with Gasteiger partial charge < -0.3 is 0 Å². The average Bonchev–Trinajstić information content (AvgIpc) is 3.56. The second kappa shape index (κ2) is 20.1. The molecule has 0 aliphatic carbocycles. The summed E-state index contributed by atoms with van der Waals surface area (Å²) in [5, 5.41) is 25.9. The average molecular weight is 1020 g/mol. The second-order valence-corrected chi connectivity index (χ2v) is 19.8. The van der Waals surface area contributed by atoms with Gasteiger partial charge in [-0.3, -0.25) is 0 Å². The zero-order chi connectivity index (χ0) is 53.5. The Kier molecular flexibility index (Phi) is 11.9. The molecule has 4 heterocycles. The molecular weight excluding hydrogens is 973 g/mol. The van der Waals surface area contributed by atoms with Crippen LogP contribution in [-0.2, 0) is 0 Å². The molecule has 0 saturated heterocycles. The van der Waals surface area contributed by atoms with E-state index in [-0.39, 0.29) is 0 Å². The fraction of sp³-hybridized carbons (Fsp3) is 0. The van der Waals surface area contributed by atoms with Crippen molar-refractivity contribution in [3.05, 3.63) is 278 Å². The number of hydrogen-bond acceptors (Lipinski definition) is 6. The molecule has 0 atom stereocenters. The zero-order valence-corrected chi connectivity index (χ0v) is 43.1. The predicted octanol–water partition coefficient (Wildman–Crippen LogP) is 18.6. The highest BCUT2D eigenvalue weighted by atomic mass is 14.8. The number of nitrogens with zero attached hydrogens (tertiary/aromatic N) is 6. The summed E-state index contributed by atoms with van der Waals surface area (Å²) in [4.78, 5) is 21.6. The first kappa shape index (κ1) is 47.3. The fourth-order valence-electron chi connectivity index (χ4n) is 11.3. The van der Waals surface area contributed by atoms with Crippen LogP contribution in [0, 0.1) is 22.7 Å². The van der Waals surface area contributed by atoms with Crippen LogP contribution >= 0.6 is 0 Å². The molecule has 10 aromatic carbocycles. The van der Waals surface area contributed by atoms with Crippen molar-refractivity contribution < 1.29 is 0 Å². The van der Waals surface area contributed by atoms with Gasteiger partial charge in [-0.05, 0) is 56.6 Å². The van der Waals surface area contributed by atoms with Crippen molar-refractivity contribution >= 4 is 43.6 Å². The molecule has 0 N–H and O–H groups in total. The van der Waals surface area contributed by atoms with Gasteiger partial charge in [0, 0.05) is 54.9 Å². The smallest absolute Gasteiger partial charge is 0.102 e. The Morgan fingerprint density at radius 1 is 0.237 bits per heavy atom. The molecule has 14 aromatic rings. The summed E-state index contributed by atoms with van der Waals surface area (Å²) in [6.45, 7) is 0. The van der Waals surface area contributed by atoms with Crippen LogP contribution < -0.4 is 0 Å². The number of hydrogen-bond donors (Lipinski definition) is 0. The van der Waals surface area contributed by atoms with Gasteiger partial charge in [-0.2, -0.15) is 10.5 Å². The lowest BCUT2D eigenvalue weighted by Crippen LogP contribution is -1.99. The Hall–Kier alpha value is -11.2. The molecule has 6 nitrogen and oxygen atoms in total. The molecule has 4 aromatic heterocycles.